The van der Waals surface area contributed by atoms with Gasteiger partial charge in [-0.15, -0.1) is 0 Å². The third-order valence-corrected chi connectivity index (χ3v) is 3.54. The Hall–Kier alpha value is -1.56. The average molecular weight is 344 g/mol. The minimum Gasteiger partial charge on any atom is -0.483 e. The standard InChI is InChI=1S/C14H18BrNO4/c1-3-10(4-2)16-13(17)8-20-12-7-9(14(18)19)5-6-11(12)15/h5-7,10H,3-4,8H2,1-2H3,(H,16,17)(H,18,19). The molecule has 0 unspecified atom stereocenters. The van der Waals surface area contributed by atoms with E-state index >= 15 is 0 Å². The second kappa shape index (κ2) is 7.89. The van der Waals surface area contributed by atoms with E-state index in [0.29, 0.717) is 10.2 Å². The molecule has 0 aromatic heterocycles. The van der Waals surface area contributed by atoms with Gasteiger partial charge in [-0.25, -0.2) is 4.79 Å². The third kappa shape index (κ3) is 4.85. The molecule has 2 N–H and O–H groups in total. The Labute approximate surface area is 126 Å². The highest BCUT2D eigenvalue weighted by Crippen LogP contribution is 2.26. The maximum atomic E-state index is 11.7. The van der Waals surface area contributed by atoms with Gasteiger partial charge >= 0.3 is 5.97 Å². The predicted molar refractivity (Wildman–Crippen MR) is 79.1 cm³/mol. The zero-order valence-corrected chi connectivity index (χ0v) is 13.1. The zero-order valence-electron chi connectivity index (χ0n) is 11.5. The lowest BCUT2D eigenvalue weighted by atomic mass is 10.2. The molecule has 0 atom stereocenters. The van der Waals surface area contributed by atoms with Crippen molar-refractivity contribution in [3.8, 4) is 5.75 Å². The Morgan fingerprint density at radius 2 is 2.00 bits per heavy atom. The number of benzene rings is 1. The molecule has 0 heterocycles. The number of nitrogens with one attached hydrogen (secondary N) is 1. The fraction of sp³-hybridized carbons (Fsp3) is 0.429. The van der Waals surface area contributed by atoms with Gasteiger partial charge in [-0.05, 0) is 47.0 Å². The van der Waals surface area contributed by atoms with Crippen molar-refractivity contribution in [1.29, 1.82) is 0 Å². The number of carbonyl (C=O) groups excluding carboxylic acids is 1. The lowest BCUT2D eigenvalue weighted by molar-refractivity contribution is -0.123. The summed E-state index contributed by atoms with van der Waals surface area (Å²) in [6.07, 6.45) is 1.72. The van der Waals surface area contributed by atoms with E-state index in [2.05, 4.69) is 21.2 Å². The molecule has 20 heavy (non-hydrogen) atoms. The lowest BCUT2D eigenvalue weighted by Gasteiger charge is -2.15. The van der Waals surface area contributed by atoms with Gasteiger partial charge in [0.05, 0.1) is 10.0 Å². The van der Waals surface area contributed by atoms with Gasteiger partial charge in [0.2, 0.25) is 0 Å². The van der Waals surface area contributed by atoms with E-state index in [9.17, 15) is 9.59 Å². The molecule has 0 fully saturated rings. The molecule has 0 aliphatic rings. The summed E-state index contributed by atoms with van der Waals surface area (Å²) in [4.78, 5) is 22.6. The van der Waals surface area contributed by atoms with Crippen LogP contribution in [-0.4, -0.2) is 29.6 Å². The van der Waals surface area contributed by atoms with Gasteiger partial charge in [0.15, 0.2) is 6.61 Å². The molecule has 0 bridgehead atoms. The van der Waals surface area contributed by atoms with Crippen LogP contribution in [0.4, 0.5) is 0 Å². The minimum absolute atomic E-state index is 0.114. The van der Waals surface area contributed by atoms with Crippen LogP contribution in [0.2, 0.25) is 0 Å². The van der Waals surface area contributed by atoms with Crippen molar-refractivity contribution in [1.82, 2.24) is 5.32 Å². The Kier molecular flexibility index (Phi) is 6.51. The van der Waals surface area contributed by atoms with Gasteiger partial charge in [0.25, 0.3) is 5.91 Å². The lowest BCUT2D eigenvalue weighted by Crippen LogP contribution is -2.37. The second-order valence-corrected chi connectivity index (χ2v) is 5.17. The van der Waals surface area contributed by atoms with Crippen LogP contribution < -0.4 is 10.1 Å². The van der Waals surface area contributed by atoms with Crippen molar-refractivity contribution in [2.24, 2.45) is 0 Å². The average Bonchev–Trinajstić information content (AvgIpc) is 2.43. The molecule has 110 valence electrons. The van der Waals surface area contributed by atoms with Crippen molar-refractivity contribution in [2.45, 2.75) is 32.7 Å². The van der Waals surface area contributed by atoms with Gasteiger partial charge < -0.3 is 15.2 Å². The van der Waals surface area contributed by atoms with E-state index < -0.39 is 5.97 Å². The number of hydrogen-bond acceptors (Lipinski definition) is 3. The fourth-order valence-corrected chi connectivity index (χ4v) is 2.01. The highest BCUT2D eigenvalue weighted by molar-refractivity contribution is 9.10. The number of amides is 1. The van der Waals surface area contributed by atoms with Crippen molar-refractivity contribution >= 4 is 27.8 Å². The molecular formula is C14H18BrNO4. The van der Waals surface area contributed by atoms with Crippen molar-refractivity contribution in [3.05, 3.63) is 28.2 Å². The monoisotopic (exact) mass is 343 g/mol. The van der Waals surface area contributed by atoms with E-state index in [1.54, 1.807) is 6.07 Å². The third-order valence-electron chi connectivity index (χ3n) is 2.89. The molecule has 0 saturated heterocycles. The highest BCUT2D eigenvalue weighted by atomic mass is 79.9. The van der Waals surface area contributed by atoms with Crippen LogP contribution in [0.15, 0.2) is 22.7 Å². The summed E-state index contributed by atoms with van der Waals surface area (Å²) in [5.41, 5.74) is 0.114. The van der Waals surface area contributed by atoms with Crippen LogP contribution in [0.5, 0.6) is 5.75 Å². The Morgan fingerprint density at radius 1 is 1.35 bits per heavy atom. The highest BCUT2D eigenvalue weighted by Gasteiger charge is 2.12. The number of aromatic carboxylic acids is 1. The van der Waals surface area contributed by atoms with Crippen LogP contribution in [-0.2, 0) is 4.79 Å². The maximum absolute atomic E-state index is 11.7. The number of carbonyl (C=O) groups is 2. The number of ether oxygens (including phenoxy) is 1. The summed E-state index contributed by atoms with van der Waals surface area (Å²) in [7, 11) is 0. The molecule has 0 aliphatic carbocycles. The molecule has 5 nitrogen and oxygen atoms in total. The molecule has 0 aliphatic heterocycles. The van der Waals surface area contributed by atoms with Crippen molar-refractivity contribution < 1.29 is 19.4 Å². The smallest absolute Gasteiger partial charge is 0.335 e. The Morgan fingerprint density at radius 3 is 2.55 bits per heavy atom. The van der Waals surface area contributed by atoms with Crippen molar-refractivity contribution in [2.75, 3.05) is 6.61 Å². The van der Waals surface area contributed by atoms with Gasteiger partial charge in [-0.1, -0.05) is 13.8 Å². The number of carboxylic acid groups (broad SMARTS) is 1. The Bertz CT molecular complexity index is 486. The molecule has 1 amide bonds. The summed E-state index contributed by atoms with van der Waals surface area (Å²) in [6.45, 7) is 3.86. The molecule has 0 radical (unpaired) electrons. The molecular weight excluding hydrogens is 326 g/mol. The maximum Gasteiger partial charge on any atom is 0.335 e. The van der Waals surface area contributed by atoms with E-state index in [1.165, 1.54) is 12.1 Å². The molecule has 0 spiro atoms. The topological polar surface area (TPSA) is 75.6 Å². The summed E-state index contributed by atoms with van der Waals surface area (Å²) in [6, 6.07) is 4.57. The Balaban J connectivity index is 2.63. The predicted octanol–water partition coefficient (Wildman–Crippen LogP) is 2.83. The van der Waals surface area contributed by atoms with Crippen LogP contribution in [0.1, 0.15) is 37.0 Å². The van der Waals surface area contributed by atoms with E-state index in [0.717, 1.165) is 12.8 Å². The van der Waals surface area contributed by atoms with Gasteiger partial charge in [0, 0.05) is 6.04 Å². The van der Waals surface area contributed by atoms with Crippen LogP contribution >= 0.6 is 15.9 Å². The normalized spacial score (nSPS) is 10.4. The number of rotatable bonds is 7. The number of hydrogen-bond donors (Lipinski definition) is 2. The SMILES string of the molecule is CCC(CC)NC(=O)COc1cc(C(=O)O)ccc1Br. The van der Waals surface area contributed by atoms with Gasteiger partial charge in [-0.3, -0.25) is 4.79 Å². The molecule has 1 aromatic rings. The van der Waals surface area contributed by atoms with Crippen LogP contribution in [0.25, 0.3) is 0 Å². The minimum atomic E-state index is -1.04. The summed E-state index contributed by atoms with van der Waals surface area (Å²) >= 11 is 3.26. The molecule has 1 rings (SSSR count). The molecule has 6 heteroatoms. The first kappa shape index (κ1) is 16.5. The first-order valence-corrected chi connectivity index (χ1v) is 7.22. The second-order valence-electron chi connectivity index (χ2n) is 4.32. The van der Waals surface area contributed by atoms with Crippen molar-refractivity contribution in [3.63, 3.8) is 0 Å². The molecule has 1 aromatic carbocycles. The summed E-state index contributed by atoms with van der Waals surface area (Å²) < 4.78 is 5.97. The van der Waals surface area contributed by atoms with E-state index in [-0.39, 0.29) is 24.1 Å². The first-order valence-electron chi connectivity index (χ1n) is 6.42. The summed E-state index contributed by atoms with van der Waals surface area (Å²) in [5, 5.41) is 11.8. The van der Waals surface area contributed by atoms with Gasteiger partial charge in [-0.2, -0.15) is 0 Å². The summed E-state index contributed by atoms with van der Waals surface area (Å²) in [5.74, 6) is -0.917. The quantitative estimate of drug-likeness (QED) is 0.798. The number of halogens is 1. The molecule has 0 saturated carbocycles. The largest absolute Gasteiger partial charge is 0.483 e. The van der Waals surface area contributed by atoms with E-state index in [4.69, 9.17) is 9.84 Å². The van der Waals surface area contributed by atoms with Crippen LogP contribution in [0.3, 0.4) is 0 Å². The fourth-order valence-electron chi connectivity index (χ4n) is 1.65. The number of carboxylic acids is 1. The van der Waals surface area contributed by atoms with Crippen LogP contribution in [0, 0.1) is 0 Å². The first-order chi connectivity index (χ1) is 9.47. The van der Waals surface area contributed by atoms with Gasteiger partial charge in [0.1, 0.15) is 5.75 Å². The van der Waals surface area contributed by atoms with E-state index in [1.807, 2.05) is 13.8 Å². The zero-order chi connectivity index (χ0) is 15.1.